The molecule has 0 unspecified atom stereocenters. The molecule has 18 atom stereocenters. The number of esters is 13. The summed E-state index contributed by atoms with van der Waals surface area (Å²) in [5.74, 6) is -23.1. The maximum atomic E-state index is 16.0. The maximum absolute atomic E-state index is 16.0. The van der Waals surface area contributed by atoms with Gasteiger partial charge in [-0.15, -0.1) is 0 Å². The van der Waals surface area contributed by atoms with E-state index in [2.05, 4.69) is 16.0 Å². The van der Waals surface area contributed by atoms with Gasteiger partial charge in [-0.1, -0.05) is 48.5 Å². The van der Waals surface area contributed by atoms with Gasteiger partial charge in [0.2, 0.25) is 11.8 Å². The van der Waals surface area contributed by atoms with Crippen molar-refractivity contribution in [1.29, 1.82) is 0 Å². The molecule has 3 saturated heterocycles. The Hall–Kier alpha value is -10.4. The molecule has 3 aliphatic heterocycles. The SMILES string of the molecule is CC(=O)OC[C@H]1O[C@@H]([C@H](CNC(=O)OCC2c3ccccc3-c3ccccc32)C(=O)NC[C@@H](C(=O)NC[C@H](C(=O)OC(C)(C)C)[C@@H]2O[C@H](COC(C)=O)[C@@H](OC(C)=O)[C@H](OC(C)=O)[C@H]2OC(C)=O)[C@@H]2O[C@H](COC(C)=O)[C@@H](OC(C)=O)[C@H](OC(C)=O)[C@H]2OC(C)=O)[C@H](OC(C)=O)[C@@H](OC(C)=O)[C@@H]1OC(C)=O. The van der Waals surface area contributed by atoms with Crippen LogP contribution in [0.15, 0.2) is 48.5 Å². The normalized spacial score (nSPS) is 25.3. The van der Waals surface area contributed by atoms with E-state index in [-0.39, 0.29) is 6.61 Å². The molecule has 106 heavy (non-hydrogen) atoms. The molecule has 0 saturated carbocycles. The number of carbonyl (C=O) groups excluding carboxylic acids is 16. The minimum Gasteiger partial charge on any atom is -0.463 e. The first-order valence-corrected chi connectivity index (χ1v) is 33.5. The third kappa shape index (κ3) is 23.8. The first-order chi connectivity index (χ1) is 49.7. The highest BCUT2D eigenvalue weighted by molar-refractivity contribution is 5.85. The fraction of sp³-hybridized carbons (Fsp3) is 0.600. The third-order valence-electron chi connectivity index (χ3n) is 16.5. The lowest BCUT2D eigenvalue weighted by molar-refractivity contribution is -0.262. The zero-order valence-electron chi connectivity index (χ0n) is 61.0. The van der Waals surface area contributed by atoms with Crippen LogP contribution in [0.1, 0.15) is 121 Å². The van der Waals surface area contributed by atoms with Crippen molar-refractivity contribution >= 4 is 95.5 Å². The smallest absolute Gasteiger partial charge is 0.407 e. The van der Waals surface area contributed by atoms with Gasteiger partial charge in [0, 0.05) is 109 Å². The Morgan fingerprint density at radius 2 is 0.613 bits per heavy atom. The number of rotatable bonds is 29. The number of hydrogen-bond donors (Lipinski definition) is 3. The standard InChI is InChI=1S/C70H89N3O33/c1-31(74)90-28-51-57(94-34(4)77)63(100-40(10)83)60(97-37(7)80)54(103-51)47(66(86)72-26-49(68(88)106-70(13,14)15)56-62(99-39(9)82)65(102-42(12)85)59(96-36(6)79)53(105-56)30-92-33(3)76)24-71-67(87)48(25-73-69(89)93-27-50-45-22-18-16-20-43(45)44-21-17-19-23-46(44)50)55-61(98-38(8)81)64(101-41(11)84)58(95-35(5)78)52(104-55)29-91-32(2)75/h16-23,47-65H,24-30H2,1-15H3,(H,71,87)(H,72,86)(H,73,89)/t47-,48+,49+,51-,52-,53-,54+,55+,56+,57-,58-,59-,60+,61+,62+,63+,64+,65+/m1/s1. The van der Waals surface area contributed by atoms with Crippen LogP contribution in [0.2, 0.25) is 0 Å². The molecule has 0 spiro atoms. The van der Waals surface area contributed by atoms with Crippen LogP contribution in [0.3, 0.4) is 0 Å². The van der Waals surface area contributed by atoms with Crippen LogP contribution in [0.4, 0.5) is 4.79 Å². The van der Waals surface area contributed by atoms with Gasteiger partial charge in [0.25, 0.3) is 0 Å². The predicted molar refractivity (Wildman–Crippen MR) is 351 cm³/mol. The van der Waals surface area contributed by atoms with E-state index >= 15 is 9.59 Å². The number of alkyl carbamates (subject to hydrolysis) is 1. The lowest BCUT2D eigenvalue weighted by Crippen LogP contribution is -2.67. The van der Waals surface area contributed by atoms with Gasteiger partial charge in [-0.05, 0) is 43.0 Å². The number of amides is 3. The van der Waals surface area contributed by atoms with Crippen molar-refractivity contribution in [3.05, 3.63) is 59.7 Å². The van der Waals surface area contributed by atoms with Gasteiger partial charge in [0.05, 0.1) is 11.8 Å². The fourth-order valence-corrected chi connectivity index (χ4v) is 12.7. The van der Waals surface area contributed by atoms with Crippen LogP contribution >= 0.6 is 0 Å². The van der Waals surface area contributed by atoms with Crippen LogP contribution in [0, 0.1) is 17.8 Å². The molecule has 4 aliphatic rings. The van der Waals surface area contributed by atoms with Gasteiger partial charge in [-0.3, -0.25) is 71.9 Å². The van der Waals surface area contributed by atoms with Gasteiger partial charge >= 0.3 is 83.7 Å². The Morgan fingerprint density at radius 1 is 0.340 bits per heavy atom. The molecule has 3 N–H and O–H groups in total. The fourth-order valence-electron chi connectivity index (χ4n) is 12.7. The van der Waals surface area contributed by atoms with Crippen molar-refractivity contribution in [3.8, 4) is 11.1 Å². The van der Waals surface area contributed by atoms with Crippen LogP contribution < -0.4 is 16.0 Å². The molecule has 3 fully saturated rings. The van der Waals surface area contributed by atoms with Gasteiger partial charge in [-0.25, -0.2) is 4.79 Å². The minimum atomic E-state index is -2.16. The molecule has 1 aliphatic carbocycles. The molecule has 582 valence electrons. The minimum absolute atomic E-state index is 0.287. The Morgan fingerprint density at radius 3 is 0.915 bits per heavy atom. The molecular weight excluding hydrogens is 1410 g/mol. The average molecular weight is 1500 g/mol. The lowest BCUT2D eigenvalue weighted by atomic mass is 9.84. The quantitative estimate of drug-likeness (QED) is 0.0764. The van der Waals surface area contributed by atoms with Crippen molar-refractivity contribution in [1.82, 2.24) is 16.0 Å². The zero-order chi connectivity index (χ0) is 78.8. The second kappa shape index (κ2) is 38.1. The van der Waals surface area contributed by atoms with Gasteiger partial charge in [-0.2, -0.15) is 0 Å². The molecule has 2 aromatic rings. The molecule has 6 rings (SSSR count). The highest BCUT2D eigenvalue weighted by Gasteiger charge is 2.60. The van der Waals surface area contributed by atoms with Crippen LogP contribution in [-0.2, 0) is 152 Å². The van der Waals surface area contributed by atoms with Crippen molar-refractivity contribution in [2.75, 3.05) is 46.1 Å². The summed E-state index contributed by atoms with van der Waals surface area (Å²) >= 11 is 0. The summed E-state index contributed by atoms with van der Waals surface area (Å²) in [4.78, 5) is 216. The topological polar surface area (TPSA) is 466 Å². The molecule has 0 aromatic heterocycles. The highest BCUT2D eigenvalue weighted by atomic mass is 16.7. The van der Waals surface area contributed by atoms with Gasteiger partial charge in [0.1, 0.15) is 74.6 Å². The predicted octanol–water partition coefficient (Wildman–Crippen LogP) is 1.32. The molecule has 0 radical (unpaired) electrons. The number of carbonyl (C=O) groups is 16. The number of nitrogens with one attached hydrogen (secondary N) is 3. The number of fused-ring (bicyclic) bond motifs is 3. The van der Waals surface area contributed by atoms with E-state index in [1.807, 2.05) is 36.4 Å². The second-order valence-corrected chi connectivity index (χ2v) is 26.0. The summed E-state index contributed by atoms with van der Waals surface area (Å²) in [5.41, 5.74) is 1.96. The first kappa shape index (κ1) is 84.6. The maximum Gasteiger partial charge on any atom is 0.407 e. The van der Waals surface area contributed by atoms with Crippen LogP contribution in [-0.4, -0.2) is 239 Å². The summed E-state index contributed by atoms with van der Waals surface area (Å²) in [7, 11) is 0. The van der Waals surface area contributed by atoms with E-state index in [4.69, 9.17) is 80.5 Å². The molecule has 0 bridgehead atoms. The van der Waals surface area contributed by atoms with E-state index in [1.54, 1.807) is 12.1 Å². The second-order valence-electron chi connectivity index (χ2n) is 26.0. The van der Waals surface area contributed by atoms with Crippen LogP contribution in [0.25, 0.3) is 11.1 Å². The number of benzene rings is 2. The molecule has 3 amide bonds. The molecule has 2 aromatic carbocycles. The van der Waals surface area contributed by atoms with Gasteiger partial charge in [0.15, 0.2) is 54.9 Å². The number of hydrogen-bond acceptors (Lipinski definition) is 33. The summed E-state index contributed by atoms with van der Waals surface area (Å²) in [5, 5.41) is 7.64. The molecular formula is C70H89N3O33. The Labute approximate surface area is 608 Å². The van der Waals surface area contributed by atoms with E-state index in [1.165, 1.54) is 20.8 Å². The lowest BCUT2D eigenvalue weighted by Gasteiger charge is -2.47. The monoisotopic (exact) mass is 1500 g/mol. The van der Waals surface area contributed by atoms with E-state index < -0.39 is 256 Å². The highest BCUT2D eigenvalue weighted by Crippen LogP contribution is 2.45. The Balaban J connectivity index is 1.56. The third-order valence-corrected chi connectivity index (χ3v) is 16.5. The average Bonchev–Trinajstić information content (AvgIpc) is 1.28. The number of ether oxygens (including phenoxy) is 17. The summed E-state index contributed by atoms with van der Waals surface area (Å²) in [6.45, 7) is 9.85. The summed E-state index contributed by atoms with van der Waals surface area (Å²) < 4.78 is 98.0. The van der Waals surface area contributed by atoms with Crippen molar-refractivity contribution in [2.45, 2.75) is 207 Å². The Kier molecular flexibility index (Phi) is 30.4. The van der Waals surface area contributed by atoms with Crippen molar-refractivity contribution < 1.29 is 157 Å². The van der Waals surface area contributed by atoms with E-state index in [0.29, 0.717) is 0 Å². The van der Waals surface area contributed by atoms with E-state index in [0.717, 1.165) is 105 Å². The summed E-state index contributed by atoms with van der Waals surface area (Å²) in [6.07, 6.45) is -29.8. The Bertz CT molecular complexity index is 3560. The summed E-state index contributed by atoms with van der Waals surface area (Å²) in [6, 6.07) is 14.8. The van der Waals surface area contributed by atoms with Gasteiger partial charge < -0.3 is 96.5 Å². The zero-order valence-corrected chi connectivity index (χ0v) is 61.0. The van der Waals surface area contributed by atoms with E-state index in [9.17, 15) is 67.1 Å². The first-order valence-electron chi connectivity index (χ1n) is 33.5. The largest absolute Gasteiger partial charge is 0.463 e. The van der Waals surface area contributed by atoms with Crippen LogP contribution in [0.5, 0.6) is 0 Å². The molecule has 3 heterocycles. The molecule has 36 nitrogen and oxygen atoms in total. The molecule has 36 heteroatoms. The van der Waals surface area contributed by atoms with Crippen molar-refractivity contribution in [2.24, 2.45) is 17.8 Å². The van der Waals surface area contributed by atoms with Crippen molar-refractivity contribution in [3.63, 3.8) is 0 Å².